The van der Waals surface area contributed by atoms with Crippen molar-refractivity contribution in [1.29, 1.82) is 0 Å². The maximum Gasteiger partial charge on any atom is -0.0393 e. The number of hydrogen-bond acceptors (Lipinski definition) is 0. The van der Waals surface area contributed by atoms with Crippen molar-refractivity contribution in [3.8, 4) is 0 Å². The van der Waals surface area contributed by atoms with Gasteiger partial charge < -0.3 is 0 Å². The Bertz CT molecular complexity index is 170. The van der Waals surface area contributed by atoms with E-state index in [0.29, 0.717) is 0 Å². The van der Waals surface area contributed by atoms with Gasteiger partial charge in [-0.05, 0) is 31.9 Å². The second-order valence-corrected chi connectivity index (χ2v) is 2.29. The van der Waals surface area contributed by atoms with E-state index in [4.69, 9.17) is 0 Å². The van der Waals surface area contributed by atoms with Crippen LogP contribution in [-0.2, 0) is 0 Å². The van der Waals surface area contributed by atoms with Gasteiger partial charge in [0.2, 0.25) is 0 Å². The topological polar surface area (TPSA) is 0 Å². The van der Waals surface area contributed by atoms with Gasteiger partial charge in [-0.1, -0.05) is 24.8 Å². The summed E-state index contributed by atoms with van der Waals surface area (Å²) >= 11 is 0. The van der Waals surface area contributed by atoms with Crippen molar-refractivity contribution < 1.29 is 0 Å². The summed E-state index contributed by atoms with van der Waals surface area (Å²) < 4.78 is 0. The molecule has 0 aromatic rings. The zero-order chi connectivity index (χ0) is 9.44. The van der Waals surface area contributed by atoms with Crippen LogP contribution in [0, 0.1) is 0 Å². The van der Waals surface area contributed by atoms with E-state index in [1.54, 1.807) is 0 Å². The lowest BCUT2D eigenvalue weighted by Crippen LogP contribution is -1.80. The average Bonchev–Trinajstić information content (AvgIpc) is 2.05. The van der Waals surface area contributed by atoms with Crippen molar-refractivity contribution in [2.45, 2.75) is 20.8 Å². The fraction of sp³-hybridized carbons (Fsp3) is 0.273. The third-order valence-corrected chi connectivity index (χ3v) is 1.54. The van der Waals surface area contributed by atoms with Crippen molar-refractivity contribution in [3.63, 3.8) is 0 Å². The Kier molecular flexibility index (Phi) is 8.11. The van der Waals surface area contributed by atoms with Gasteiger partial charge in [0.1, 0.15) is 0 Å². The molecule has 0 fully saturated rings. The van der Waals surface area contributed by atoms with Crippen LogP contribution in [0.1, 0.15) is 20.8 Å². The fourth-order valence-corrected chi connectivity index (χ4v) is 0.490. The highest BCUT2D eigenvalue weighted by atomic mass is 14.0. The van der Waals surface area contributed by atoms with E-state index in [1.807, 2.05) is 19.9 Å². The SMILES string of the molecule is C=C.C=C/C(C)=C(/C)C(=C)C. The van der Waals surface area contributed by atoms with Crippen LogP contribution in [0.3, 0.4) is 0 Å². The molecule has 0 aromatic carbocycles. The van der Waals surface area contributed by atoms with Crippen LogP contribution in [0.2, 0.25) is 0 Å². The summed E-state index contributed by atoms with van der Waals surface area (Å²) in [6, 6.07) is 0. The average molecular weight is 150 g/mol. The Balaban J connectivity index is 0. The maximum absolute atomic E-state index is 3.82. The zero-order valence-electron chi connectivity index (χ0n) is 7.91. The normalized spacial score (nSPS) is 10.5. The van der Waals surface area contributed by atoms with E-state index in [0.717, 1.165) is 5.57 Å². The first-order valence-electron chi connectivity index (χ1n) is 3.55. The van der Waals surface area contributed by atoms with Gasteiger partial charge in [0, 0.05) is 0 Å². The predicted octanol–water partition coefficient (Wildman–Crippen LogP) is 3.89. The molecule has 62 valence electrons. The molecule has 11 heavy (non-hydrogen) atoms. The summed E-state index contributed by atoms with van der Waals surface area (Å²) in [6.45, 7) is 19.6. The van der Waals surface area contributed by atoms with Gasteiger partial charge in [0.25, 0.3) is 0 Å². The first-order valence-corrected chi connectivity index (χ1v) is 3.55. The molecule has 0 saturated carbocycles. The maximum atomic E-state index is 3.82. The Morgan fingerprint density at radius 3 is 1.55 bits per heavy atom. The third-order valence-electron chi connectivity index (χ3n) is 1.54. The largest absolute Gasteiger partial charge is 0.106 e. The standard InChI is InChI=1S/C9H14.C2H4/c1-6-8(4)9(5)7(2)3;1-2/h6H,1-2H2,3-5H3;1-2H2/b9-8-;. The molecule has 0 atom stereocenters. The summed E-state index contributed by atoms with van der Waals surface area (Å²) in [6.07, 6.45) is 1.85. The Labute approximate surface area is 70.6 Å². The molecular weight excluding hydrogens is 132 g/mol. The molecule has 0 nitrogen and oxygen atoms in total. The number of hydrogen-bond donors (Lipinski definition) is 0. The predicted molar refractivity (Wildman–Crippen MR) is 54.6 cm³/mol. The lowest BCUT2D eigenvalue weighted by molar-refractivity contribution is 1.29. The monoisotopic (exact) mass is 150 g/mol. The molecular formula is C11H18. The van der Waals surface area contributed by atoms with Gasteiger partial charge in [0.05, 0.1) is 0 Å². The number of rotatable bonds is 2. The van der Waals surface area contributed by atoms with Gasteiger partial charge in [-0.2, -0.15) is 0 Å². The first-order chi connectivity index (χ1) is 5.09. The van der Waals surface area contributed by atoms with Gasteiger partial charge in [0.15, 0.2) is 0 Å². The second kappa shape index (κ2) is 7.07. The summed E-state index contributed by atoms with van der Waals surface area (Å²) in [4.78, 5) is 0. The molecule has 0 heteroatoms. The van der Waals surface area contributed by atoms with E-state index in [9.17, 15) is 0 Å². The minimum absolute atomic E-state index is 1.12. The van der Waals surface area contributed by atoms with Crippen LogP contribution in [0.25, 0.3) is 0 Å². The van der Waals surface area contributed by atoms with Crippen molar-refractivity contribution in [2.24, 2.45) is 0 Å². The molecule has 0 aromatic heterocycles. The molecule has 0 aliphatic rings. The van der Waals surface area contributed by atoms with E-state index < -0.39 is 0 Å². The molecule has 0 saturated heterocycles. The zero-order valence-corrected chi connectivity index (χ0v) is 7.91. The van der Waals surface area contributed by atoms with Crippen LogP contribution in [0.5, 0.6) is 0 Å². The molecule has 0 N–H and O–H groups in total. The molecule has 0 bridgehead atoms. The third kappa shape index (κ3) is 5.41. The van der Waals surface area contributed by atoms with E-state index in [1.165, 1.54) is 11.1 Å². The van der Waals surface area contributed by atoms with Crippen molar-refractivity contribution in [2.75, 3.05) is 0 Å². The molecule has 0 aliphatic carbocycles. The highest BCUT2D eigenvalue weighted by Crippen LogP contribution is 2.11. The molecule has 0 heterocycles. The molecule has 0 spiro atoms. The van der Waals surface area contributed by atoms with Crippen LogP contribution in [0.4, 0.5) is 0 Å². The highest BCUT2D eigenvalue weighted by molar-refractivity contribution is 5.33. The molecule has 0 radical (unpaired) electrons. The Hall–Kier alpha value is -1.04. The Morgan fingerprint density at radius 2 is 1.45 bits per heavy atom. The van der Waals surface area contributed by atoms with Crippen molar-refractivity contribution >= 4 is 0 Å². The van der Waals surface area contributed by atoms with Crippen LogP contribution in [0.15, 0.2) is 49.1 Å². The first kappa shape index (κ1) is 12.6. The lowest BCUT2D eigenvalue weighted by Gasteiger charge is -2.00. The molecule has 0 amide bonds. The smallest absolute Gasteiger partial charge is 0.0393 e. The number of allylic oxidation sites excluding steroid dienone is 4. The quantitative estimate of drug-likeness (QED) is 0.414. The van der Waals surface area contributed by atoms with E-state index >= 15 is 0 Å². The molecule has 0 rings (SSSR count). The summed E-state index contributed by atoms with van der Waals surface area (Å²) in [7, 11) is 0. The van der Waals surface area contributed by atoms with Crippen molar-refractivity contribution in [1.82, 2.24) is 0 Å². The molecule has 0 unspecified atom stereocenters. The fourth-order valence-electron chi connectivity index (χ4n) is 0.490. The Morgan fingerprint density at radius 1 is 1.09 bits per heavy atom. The summed E-state index contributed by atoms with van der Waals surface area (Å²) in [5, 5.41) is 0. The lowest BCUT2D eigenvalue weighted by atomic mass is 10.1. The van der Waals surface area contributed by atoms with Gasteiger partial charge in [-0.3, -0.25) is 0 Å². The minimum atomic E-state index is 1.12. The van der Waals surface area contributed by atoms with Crippen LogP contribution >= 0.6 is 0 Å². The molecule has 0 aliphatic heterocycles. The highest BCUT2D eigenvalue weighted by Gasteiger charge is 1.90. The second-order valence-electron chi connectivity index (χ2n) is 2.29. The van der Waals surface area contributed by atoms with E-state index in [-0.39, 0.29) is 0 Å². The van der Waals surface area contributed by atoms with Crippen LogP contribution < -0.4 is 0 Å². The van der Waals surface area contributed by atoms with Gasteiger partial charge >= 0.3 is 0 Å². The minimum Gasteiger partial charge on any atom is -0.106 e. The van der Waals surface area contributed by atoms with Crippen molar-refractivity contribution in [3.05, 3.63) is 49.1 Å². The van der Waals surface area contributed by atoms with Gasteiger partial charge in [-0.25, -0.2) is 0 Å². The summed E-state index contributed by atoms with van der Waals surface area (Å²) in [5.74, 6) is 0. The van der Waals surface area contributed by atoms with Gasteiger partial charge in [-0.15, -0.1) is 13.2 Å². The van der Waals surface area contributed by atoms with Crippen LogP contribution in [-0.4, -0.2) is 0 Å². The van der Waals surface area contributed by atoms with E-state index in [2.05, 4.69) is 33.2 Å². The summed E-state index contributed by atoms with van der Waals surface area (Å²) in [5.41, 5.74) is 3.57.